The first kappa shape index (κ1) is 8.94. The van der Waals surface area contributed by atoms with E-state index in [-0.39, 0.29) is 5.54 Å². The second-order valence-corrected chi connectivity index (χ2v) is 4.78. The van der Waals surface area contributed by atoms with Gasteiger partial charge in [-0.25, -0.2) is 0 Å². The zero-order chi connectivity index (χ0) is 10.3. The van der Waals surface area contributed by atoms with E-state index in [2.05, 4.69) is 35.2 Å². The Labute approximate surface area is 90.1 Å². The van der Waals surface area contributed by atoms with Gasteiger partial charge in [0.2, 0.25) is 0 Å². The Kier molecular flexibility index (Phi) is 1.83. The highest BCUT2D eigenvalue weighted by molar-refractivity contribution is 5.24. The molecule has 1 aliphatic carbocycles. The number of rotatable bonds is 2. The van der Waals surface area contributed by atoms with Crippen LogP contribution in [0.15, 0.2) is 30.3 Å². The molecule has 1 aromatic rings. The zero-order valence-electron chi connectivity index (χ0n) is 8.69. The van der Waals surface area contributed by atoms with Crippen LogP contribution in [-0.2, 0) is 6.54 Å². The number of nitriles is 1. The zero-order valence-corrected chi connectivity index (χ0v) is 8.69. The molecule has 0 amide bonds. The molecule has 2 heteroatoms. The van der Waals surface area contributed by atoms with Gasteiger partial charge in [-0.05, 0) is 24.3 Å². The highest BCUT2D eigenvalue weighted by Crippen LogP contribution is 2.50. The summed E-state index contributed by atoms with van der Waals surface area (Å²) in [6.07, 6.45) is 2.19. The van der Waals surface area contributed by atoms with Gasteiger partial charge in [0.25, 0.3) is 0 Å². The highest BCUT2D eigenvalue weighted by Gasteiger charge is 2.56. The minimum atomic E-state index is -0.111. The topological polar surface area (TPSA) is 27.0 Å². The Balaban J connectivity index is 1.78. The van der Waals surface area contributed by atoms with Gasteiger partial charge in [0.15, 0.2) is 0 Å². The summed E-state index contributed by atoms with van der Waals surface area (Å²) in [7, 11) is 0. The number of hydrogen-bond donors (Lipinski definition) is 0. The van der Waals surface area contributed by atoms with Crippen LogP contribution >= 0.6 is 0 Å². The molecular weight excluding hydrogens is 184 g/mol. The van der Waals surface area contributed by atoms with Gasteiger partial charge in [0, 0.05) is 13.1 Å². The molecule has 0 N–H and O–H groups in total. The maximum absolute atomic E-state index is 9.22. The minimum absolute atomic E-state index is 0.111. The Hall–Kier alpha value is -1.33. The quantitative estimate of drug-likeness (QED) is 0.728. The molecule has 2 saturated heterocycles. The average Bonchev–Trinajstić information content (AvgIpc) is 2.72. The number of nitrogens with zero attached hydrogens (tertiary/aromatic N) is 2. The van der Waals surface area contributed by atoms with Gasteiger partial charge in [-0.15, -0.1) is 0 Å². The fourth-order valence-corrected chi connectivity index (χ4v) is 2.95. The van der Waals surface area contributed by atoms with Crippen LogP contribution in [0, 0.1) is 17.2 Å². The second-order valence-electron chi connectivity index (χ2n) is 4.78. The molecule has 0 radical (unpaired) electrons. The highest BCUT2D eigenvalue weighted by atomic mass is 15.3. The van der Waals surface area contributed by atoms with Crippen LogP contribution in [0.4, 0.5) is 0 Å². The van der Waals surface area contributed by atoms with Crippen molar-refractivity contribution in [3.05, 3.63) is 35.9 Å². The van der Waals surface area contributed by atoms with E-state index in [9.17, 15) is 5.26 Å². The van der Waals surface area contributed by atoms with E-state index in [1.54, 1.807) is 0 Å². The van der Waals surface area contributed by atoms with Crippen LogP contribution in [0.1, 0.15) is 18.4 Å². The van der Waals surface area contributed by atoms with Gasteiger partial charge in [-0.2, -0.15) is 5.26 Å². The van der Waals surface area contributed by atoms with E-state index in [0.29, 0.717) is 0 Å². The van der Waals surface area contributed by atoms with Crippen molar-refractivity contribution in [1.82, 2.24) is 4.90 Å². The summed E-state index contributed by atoms with van der Waals surface area (Å²) in [5, 5.41) is 9.22. The first-order chi connectivity index (χ1) is 7.32. The van der Waals surface area contributed by atoms with Crippen molar-refractivity contribution in [2.24, 2.45) is 5.92 Å². The third-order valence-electron chi connectivity index (χ3n) is 3.76. The Morgan fingerprint density at radius 3 is 2.73 bits per heavy atom. The smallest absolute Gasteiger partial charge is 0.110 e. The van der Waals surface area contributed by atoms with E-state index in [1.165, 1.54) is 5.56 Å². The molecule has 0 spiro atoms. The summed E-state index contributed by atoms with van der Waals surface area (Å²) >= 11 is 0. The predicted octanol–water partition coefficient (Wildman–Crippen LogP) is 2.17. The molecule has 4 rings (SSSR count). The molecule has 0 atom stereocenters. The van der Waals surface area contributed by atoms with E-state index in [4.69, 9.17) is 0 Å². The fourth-order valence-electron chi connectivity index (χ4n) is 2.95. The van der Waals surface area contributed by atoms with Gasteiger partial charge in [0.1, 0.15) is 5.54 Å². The van der Waals surface area contributed by atoms with Gasteiger partial charge in [-0.1, -0.05) is 30.3 Å². The normalized spacial score (nSPS) is 33.4. The van der Waals surface area contributed by atoms with Crippen molar-refractivity contribution in [1.29, 1.82) is 5.26 Å². The summed E-state index contributed by atoms with van der Waals surface area (Å²) in [6, 6.07) is 12.9. The van der Waals surface area contributed by atoms with Crippen LogP contribution in [0.5, 0.6) is 0 Å². The molecule has 76 valence electrons. The Bertz CT molecular complexity index is 398. The lowest BCUT2D eigenvalue weighted by Crippen LogP contribution is -2.43. The van der Waals surface area contributed by atoms with Crippen molar-refractivity contribution in [2.45, 2.75) is 24.9 Å². The molecule has 0 unspecified atom stereocenters. The third-order valence-corrected chi connectivity index (χ3v) is 3.76. The molecule has 15 heavy (non-hydrogen) atoms. The summed E-state index contributed by atoms with van der Waals surface area (Å²) in [4.78, 5) is 2.35. The van der Waals surface area contributed by atoms with E-state index >= 15 is 0 Å². The molecule has 3 fully saturated rings. The maximum Gasteiger partial charge on any atom is 0.110 e. The van der Waals surface area contributed by atoms with E-state index < -0.39 is 0 Å². The second kappa shape index (κ2) is 3.08. The maximum atomic E-state index is 9.22. The number of benzene rings is 1. The van der Waals surface area contributed by atoms with Crippen LogP contribution < -0.4 is 0 Å². The van der Waals surface area contributed by atoms with Crippen molar-refractivity contribution >= 4 is 0 Å². The van der Waals surface area contributed by atoms with Crippen LogP contribution in [-0.4, -0.2) is 17.0 Å². The Morgan fingerprint density at radius 2 is 2.07 bits per heavy atom. The van der Waals surface area contributed by atoms with Crippen molar-refractivity contribution < 1.29 is 0 Å². The van der Waals surface area contributed by atoms with Gasteiger partial charge in [-0.3, -0.25) is 4.90 Å². The largest absolute Gasteiger partial charge is 0.281 e. The molecule has 2 bridgehead atoms. The molecular formula is C13H14N2. The van der Waals surface area contributed by atoms with Crippen LogP contribution in [0.3, 0.4) is 0 Å². The van der Waals surface area contributed by atoms with Gasteiger partial charge >= 0.3 is 0 Å². The molecule has 0 aromatic heterocycles. The SMILES string of the molecule is N#CC12CC(CN1Cc1ccccc1)C2. The molecule has 2 heterocycles. The monoisotopic (exact) mass is 198 g/mol. The number of hydrogen-bond acceptors (Lipinski definition) is 2. The van der Waals surface area contributed by atoms with Crippen LogP contribution in [0.2, 0.25) is 0 Å². The lowest BCUT2D eigenvalue weighted by molar-refractivity contribution is 0.164. The molecule has 1 aromatic carbocycles. The molecule has 1 saturated carbocycles. The summed E-state index contributed by atoms with van der Waals surface area (Å²) in [5.41, 5.74) is 1.21. The lowest BCUT2D eigenvalue weighted by atomic mass is 9.74. The summed E-state index contributed by atoms with van der Waals surface area (Å²) < 4.78 is 0. The summed E-state index contributed by atoms with van der Waals surface area (Å²) in [5.74, 6) is 0.786. The molecule has 2 aliphatic heterocycles. The number of fused-ring (bicyclic) bond motifs is 1. The minimum Gasteiger partial charge on any atom is -0.281 e. The van der Waals surface area contributed by atoms with E-state index in [1.807, 2.05) is 6.07 Å². The lowest BCUT2D eigenvalue weighted by Gasteiger charge is -2.35. The van der Waals surface area contributed by atoms with Crippen LogP contribution in [0.25, 0.3) is 0 Å². The first-order valence-electron chi connectivity index (χ1n) is 5.53. The fraction of sp³-hybridized carbons (Fsp3) is 0.462. The first-order valence-corrected chi connectivity index (χ1v) is 5.53. The third kappa shape index (κ3) is 1.27. The predicted molar refractivity (Wildman–Crippen MR) is 57.9 cm³/mol. The molecule has 3 aliphatic rings. The van der Waals surface area contributed by atoms with Crippen molar-refractivity contribution in [3.8, 4) is 6.07 Å². The van der Waals surface area contributed by atoms with E-state index in [0.717, 1.165) is 31.8 Å². The summed E-state index contributed by atoms with van der Waals surface area (Å²) in [6.45, 7) is 2.05. The van der Waals surface area contributed by atoms with Crippen molar-refractivity contribution in [2.75, 3.05) is 6.54 Å². The molecule has 2 nitrogen and oxygen atoms in total. The average molecular weight is 198 g/mol. The standard InChI is InChI=1S/C13H14N2/c14-10-13-6-12(7-13)9-15(13)8-11-4-2-1-3-5-11/h1-5,12H,6-9H2. The van der Waals surface area contributed by atoms with Crippen molar-refractivity contribution in [3.63, 3.8) is 0 Å². The van der Waals surface area contributed by atoms with Gasteiger partial charge < -0.3 is 0 Å². The van der Waals surface area contributed by atoms with Gasteiger partial charge in [0.05, 0.1) is 6.07 Å². The Morgan fingerprint density at radius 1 is 1.33 bits per heavy atom.